The van der Waals surface area contributed by atoms with Crippen LogP contribution in [0.4, 0.5) is 22.0 Å². The zero-order valence-electron chi connectivity index (χ0n) is 9.52. The third kappa shape index (κ3) is 3.34. The number of hydrogen-bond donors (Lipinski definition) is 0. The van der Waals surface area contributed by atoms with Crippen molar-refractivity contribution in [3.05, 3.63) is 28.8 Å². The number of carbonyl (C=O) groups is 1. The maximum Gasteiger partial charge on any atom is 0.461 e. The number of alkyl halides is 5. The molecule has 0 saturated heterocycles. The van der Waals surface area contributed by atoms with E-state index >= 15 is 0 Å². The van der Waals surface area contributed by atoms with Crippen LogP contribution in [0.15, 0.2) is 18.2 Å². The summed E-state index contributed by atoms with van der Waals surface area (Å²) in [6.07, 6.45) is -7.05. The molecular formula is C11H8ClF5O2. The van der Waals surface area contributed by atoms with E-state index in [4.69, 9.17) is 16.3 Å². The first kappa shape index (κ1) is 15.7. The maximum atomic E-state index is 12.8. The van der Waals surface area contributed by atoms with Gasteiger partial charge >= 0.3 is 12.1 Å². The summed E-state index contributed by atoms with van der Waals surface area (Å²) in [5.41, 5.74) is -0.135. The van der Waals surface area contributed by atoms with Gasteiger partial charge in [0.15, 0.2) is 0 Å². The summed E-state index contributed by atoms with van der Waals surface area (Å²) in [6, 6.07) is 3.73. The van der Waals surface area contributed by atoms with E-state index in [0.29, 0.717) is 0 Å². The second-order valence-electron chi connectivity index (χ2n) is 3.63. The molecule has 0 fully saturated rings. The Morgan fingerprint density at radius 3 is 2.32 bits per heavy atom. The number of ketones is 1. The minimum atomic E-state index is -5.92. The Labute approximate surface area is 110 Å². The maximum absolute atomic E-state index is 12.8. The Bertz CT molecular complexity index is 484. The van der Waals surface area contributed by atoms with Gasteiger partial charge in [-0.3, -0.25) is 4.79 Å². The van der Waals surface area contributed by atoms with E-state index < -0.39 is 24.3 Å². The van der Waals surface area contributed by atoms with Crippen LogP contribution in [-0.2, 0) is 11.2 Å². The van der Waals surface area contributed by atoms with Crippen LogP contribution in [0, 0.1) is 0 Å². The lowest BCUT2D eigenvalue weighted by atomic mass is 10.0. The van der Waals surface area contributed by atoms with Gasteiger partial charge in [-0.15, -0.1) is 0 Å². The predicted molar refractivity (Wildman–Crippen MR) is 57.7 cm³/mol. The van der Waals surface area contributed by atoms with Gasteiger partial charge in [-0.25, -0.2) is 0 Å². The van der Waals surface area contributed by atoms with Gasteiger partial charge in [0.2, 0.25) is 5.78 Å². The fourth-order valence-electron chi connectivity index (χ4n) is 1.33. The molecule has 0 N–H and O–H groups in total. The highest BCUT2D eigenvalue weighted by Crippen LogP contribution is 2.37. The van der Waals surface area contributed by atoms with Crippen molar-refractivity contribution >= 4 is 17.4 Å². The molecule has 0 radical (unpaired) electrons. The van der Waals surface area contributed by atoms with Gasteiger partial charge in [0.05, 0.1) is 7.11 Å². The van der Waals surface area contributed by atoms with Crippen molar-refractivity contribution in [2.75, 3.05) is 7.11 Å². The molecule has 106 valence electrons. The molecule has 0 aliphatic carbocycles. The fourth-order valence-corrected chi connectivity index (χ4v) is 1.52. The lowest BCUT2D eigenvalue weighted by molar-refractivity contribution is -0.268. The molecule has 2 nitrogen and oxygen atoms in total. The number of rotatable bonds is 4. The number of benzene rings is 1. The van der Waals surface area contributed by atoms with Crippen LogP contribution in [-0.4, -0.2) is 25.0 Å². The summed E-state index contributed by atoms with van der Waals surface area (Å²) in [4.78, 5) is 11.1. The normalized spacial score (nSPS) is 12.4. The third-order valence-electron chi connectivity index (χ3n) is 2.30. The second-order valence-corrected chi connectivity index (χ2v) is 4.06. The summed E-state index contributed by atoms with van der Waals surface area (Å²) in [5, 5.41) is 0.0962. The van der Waals surface area contributed by atoms with E-state index in [-0.39, 0.29) is 16.3 Å². The zero-order valence-corrected chi connectivity index (χ0v) is 10.3. The van der Waals surface area contributed by atoms with Gasteiger partial charge in [0, 0.05) is 17.0 Å². The van der Waals surface area contributed by atoms with Crippen LogP contribution in [0.25, 0.3) is 0 Å². The number of halogens is 6. The first-order valence-electron chi connectivity index (χ1n) is 4.90. The molecule has 1 rings (SSSR count). The molecule has 0 aliphatic heterocycles. The molecule has 0 spiro atoms. The van der Waals surface area contributed by atoms with Gasteiger partial charge in [-0.1, -0.05) is 11.6 Å². The average Bonchev–Trinajstić information content (AvgIpc) is 2.27. The summed E-state index contributed by atoms with van der Waals surface area (Å²) in [5.74, 6) is -7.66. The standard InChI is InChI=1S/C11H8ClF5O2/c1-19-8-3-2-7(12)4-6(8)5-9(18)10(13,14)11(15,16)17/h2-4H,5H2,1H3. The summed E-state index contributed by atoms with van der Waals surface area (Å²) in [6.45, 7) is 0. The number of Topliss-reactive ketones (excluding diaryl/α,β-unsaturated/α-hetero) is 1. The van der Waals surface area contributed by atoms with E-state index in [2.05, 4.69) is 0 Å². The van der Waals surface area contributed by atoms with Gasteiger partial charge in [-0.05, 0) is 18.2 Å². The van der Waals surface area contributed by atoms with Gasteiger partial charge in [-0.2, -0.15) is 22.0 Å². The monoisotopic (exact) mass is 302 g/mol. The first-order chi connectivity index (χ1) is 8.59. The zero-order chi connectivity index (χ0) is 14.8. The third-order valence-corrected chi connectivity index (χ3v) is 2.53. The summed E-state index contributed by atoms with van der Waals surface area (Å²) >= 11 is 5.58. The van der Waals surface area contributed by atoms with E-state index in [1.165, 1.54) is 19.2 Å². The molecule has 0 unspecified atom stereocenters. The Morgan fingerprint density at radius 1 is 1.26 bits per heavy atom. The largest absolute Gasteiger partial charge is 0.496 e. The number of hydrogen-bond acceptors (Lipinski definition) is 2. The molecule has 0 aromatic heterocycles. The van der Waals surface area contributed by atoms with Crippen molar-refractivity contribution in [3.63, 3.8) is 0 Å². The Morgan fingerprint density at radius 2 is 1.84 bits per heavy atom. The molecule has 1 aromatic rings. The van der Waals surface area contributed by atoms with Crippen LogP contribution >= 0.6 is 11.6 Å². The highest BCUT2D eigenvalue weighted by molar-refractivity contribution is 6.30. The van der Waals surface area contributed by atoms with Crippen LogP contribution in [0.1, 0.15) is 5.56 Å². The van der Waals surface area contributed by atoms with Crippen LogP contribution < -0.4 is 4.74 Å². The van der Waals surface area contributed by atoms with Crippen molar-refractivity contribution < 1.29 is 31.5 Å². The molecule has 19 heavy (non-hydrogen) atoms. The highest BCUT2D eigenvalue weighted by atomic mass is 35.5. The number of methoxy groups -OCH3 is 1. The minimum Gasteiger partial charge on any atom is -0.496 e. The molecule has 0 amide bonds. The fraction of sp³-hybridized carbons (Fsp3) is 0.364. The van der Waals surface area contributed by atoms with Gasteiger partial charge in [0.1, 0.15) is 5.75 Å². The first-order valence-corrected chi connectivity index (χ1v) is 5.27. The van der Waals surface area contributed by atoms with Crippen molar-refractivity contribution in [2.24, 2.45) is 0 Å². The Hall–Kier alpha value is -1.37. The molecule has 0 saturated carbocycles. The van der Waals surface area contributed by atoms with E-state index in [9.17, 15) is 26.7 Å². The molecular weight excluding hydrogens is 295 g/mol. The lowest BCUT2D eigenvalue weighted by Gasteiger charge is -2.18. The smallest absolute Gasteiger partial charge is 0.461 e. The summed E-state index contributed by atoms with van der Waals surface area (Å²) in [7, 11) is 1.19. The van der Waals surface area contributed by atoms with Gasteiger partial charge < -0.3 is 4.74 Å². The van der Waals surface area contributed by atoms with Crippen molar-refractivity contribution in [2.45, 2.75) is 18.5 Å². The van der Waals surface area contributed by atoms with Crippen LogP contribution in [0.3, 0.4) is 0 Å². The highest BCUT2D eigenvalue weighted by Gasteiger charge is 2.62. The van der Waals surface area contributed by atoms with E-state index in [1.54, 1.807) is 0 Å². The SMILES string of the molecule is COc1ccc(Cl)cc1CC(=O)C(F)(F)C(F)(F)F. The van der Waals surface area contributed by atoms with Crippen molar-refractivity contribution in [1.82, 2.24) is 0 Å². The Kier molecular flexibility index (Phi) is 4.39. The predicted octanol–water partition coefficient (Wildman–Crippen LogP) is 3.66. The summed E-state index contributed by atoms with van der Waals surface area (Å²) < 4.78 is 66.4. The molecule has 0 aliphatic rings. The number of ether oxygens (including phenoxy) is 1. The Balaban J connectivity index is 3.03. The second kappa shape index (κ2) is 5.32. The lowest BCUT2D eigenvalue weighted by Crippen LogP contribution is -2.44. The van der Waals surface area contributed by atoms with E-state index in [0.717, 1.165) is 6.07 Å². The molecule has 8 heteroatoms. The topological polar surface area (TPSA) is 26.3 Å². The number of carbonyl (C=O) groups excluding carboxylic acids is 1. The molecule has 0 heterocycles. The van der Waals surface area contributed by atoms with Crippen LogP contribution in [0.5, 0.6) is 5.75 Å². The quantitative estimate of drug-likeness (QED) is 0.794. The van der Waals surface area contributed by atoms with Crippen molar-refractivity contribution in [3.8, 4) is 5.75 Å². The molecule has 1 aromatic carbocycles. The van der Waals surface area contributed by atoms with Gasteiger partial charge in [0.25, 0.3) is 0 Å². The molecule has 0 bridgehead atoms. The van der Waals surface area contributed by atoms with Crippen LogP contribution in [0.2, 0.25) is 5.02 Å². The molecule has 0 atom stereocenters. The average molecular weight is 303 g/mol. The minimum absolute atomic E-state index is 0.00993. The van der Waals surface area contributed by atoms with E-state index in [1.807, 2.05) is 0 Å². The van der Waals surface area contributed by atoms with Crippen molar-refractivity contribution in [1.29, 1.82) is 0 Å².